The third kappa shape index (κ3) is 3.81. The van der Waals surface area contributed by atoms with Crippen LogP contribution in [0.15, 0.2) is 30.3 Å². The summed E-state index contributed by atoms with van der Waals surface area (Å²) in [6, 6.07) is 5.81. The second-order valence-electron chi connectivity index (χ2n) is 6.22. The number of hydrogen-bond donors (Lipinski definition) is 0. The summed E-state index contributed by atoms with van der Waals surface area (Å²) in [5.41, 5.74) is 0.679. The molecule has 0 spiro atoms. The van der Waals surface area contributed by atoms with Gasteiger partial charge in [-0.15, -0.1) is 0 Å². The molecule has 1 saturated heterocycles. The molecule has 128 valence electrons. The van der Waals surface area contributed by atoms with Gasteiger partial charge in [-0.3, -0.25) is 14.9 Å². The van der Waals surface area contributed by atoms with Crippen LogP contribution in [-0.4, -0.2) is 47.7 Å². The van der Waals surface area contributed by atoms with Crippen molar-refractivity contribution in [2.45, 2.75) is 31.3 Å². The Kier molecular flexibility index (Phi) is 4.40. The highest BCUT2D eigenvalue weighted by atomic mass is 32.2. The van der Waals surface area contributed by atoms with E-state index in [0.29, 0.717) is 12.0 Å². The summed E-state index contributed by atoms with van der Waals surface area (Å²) in [5.74, 6) is -0.0149. The van der Waals surface area contributed by atoms with E-state index in [1.165, 1.54) is 18.2 Å². The van der Waals surface area contributed by atoms with E-state index < -0.39 is 14.8 Å². The number of amides is 1. The van der Waals surface area contributed by atoms with Crippen LogP contribution in [0, 0.1) is 10.1 Å². The predicted octanol–water partition coefficient (Wildman–Crippen LogP) is 1.79. The van der Waals surface area contributed by atoms with Crippen LogP contribution in [0.1, 0.15) is 24.8 Å². The standard InChI is InChI=1S/C16H18N2O5S/c19-16(8-3-12-1-4-14(5-2-12)18(20)21)17(13-6-7-13)15-9-10-24(22,23)11-15/h1-5,8,13,15H,6-7,9-11H2. The zero-order valence-electron chi connectivity index (χ0n) is 13.0. The zero-order chi connectivity index (χ0) is 17.3. The predicted molar refractivity (Wildman–Crippen MR) is 89.1 cm³/mol. The maximum absolute atomic E-state index is 12.5. The van der Waals surface area contributed by atoms with Crippen LogP contribution >= 0.6 is 0 Å². The SMILES string of the molecule is O=C(C=Cc1ccc([N+](=O)[O-])cc1)N(C1CC1)C1CCS(=O)(=O)C1. The van der Waals surface area contributed by atoms with Gasteiger partial charge in [0.2, 0.25) is 5.91 Å². The molecule has 1 aromatic rings. The van der Waals surface area contributed by atoms with E-state index >= 15 is 0 Å². The van der Waals surface area contributed by atoms with Gasteiger partial charge in [0, 0.05) is 30.3 Å². The molecule has 0 N–H and O–H groups in total. The molecule has 0 bridgehead atoms. The van der Waals surface area contributed by atoms with Gasteiger partial charge < -0.3 is 4.90 Å². The summed E-state index contributed by atoms with van der Waals surface area (Å²) >= 11 is 0. The molecule has 2 aliphatic rings. The Hall–Kier alpha value is -2.22. The number of rotatable bonds is 5. The zero-order valence-corrected chi connectivity index (χ0v) is 13.8. The molecule has 1 aliphatic heterocycles. The Morgan fingerprint density at radius 3 is 2.33 bits per heavy atom. The Labute approximate surface area is 140 Å². The monoisotopic (exact) mass is 350 g/mol. The van der Waals surface area contributed by atoms with E-state index in [1.54, 1.807) is 23.1 Å². The van der Waals surface area contributed by atoms with Gasteiger partial charge >= 0.3 is 0 Å². The fraction of sp³-hybridized carbons (Fsp3) is 0.438. The quantitative estimate of drug-likeness (QED) is 0.458. The van der Waals surface area contributed by atoms with Crippen LogP contribution in [0.25, 0.3) is 6.08 Å². The number of carbonyl (C=O) groups is 1. The molecule has 24 heavy (non-hydrogen) atoms. The van der Waals surface area contributed by atoms with E-state index in [-0.39, 0.29) is 35.2 Å². The fourth-order valence-corrected chi connectivity index (χ4v) is 4.68. The lowest BCUT2D eigenvalue weighted by Crippen LogP contribution is -2.41. The van der Waals surface area contributed by atoms with Gasteiger partial charge in [0.1, 0.15) is 0 Å². The highest BCUT2D eigenvalue weighted by Gasteiger charge is 2.41. The van der Waals surface area contributed by atoms with Crippen molar-refractivity contribution < 1.29 is 18.1 Å². The van der Waals surface area contributed by atoms with Gasteiger partial charge in [-0.25, -0.2) is 8.42 Å². The van der Waals surface area contributed by atoms with Crippen molar-refractivity contribution >= 4 is 27.5 Å². The van der Waals surface area contributed by atoms with Crippen molar-refractivity contribution in [3.8, 4) is 0 Å². The van der Waals surface area contributed by atoms with Crippen molar-refractivity contribution in [2.75, 3.05) is 11.5 Å². The molecule has 1 aliphatic carbocycles. The number of carbonyl (C=O) groups excluding carboxylic acids is 1. The lowest BCUT2D eigenvalue weighted by Gasteiger charge is -2.27. The van der Waals surface area contributed by atoms with E-state index in [2.05, 4.69) is 0 Å². The Balaban J connectivity index is 1.70. The van der Waals surface area contributed by atoms with E-state index in [1.807, 2.05) is 0 Å². The third-order valence-electron chi connectivity index (χ3n) is 4.32. The lowest BCUT2D eigenvalue weighted by atomic mass is 10.1. The lowest BCUT2D eigenvalue weighted by molar-refractivity contribution is -0.384. The minimum Gasteiger partial charge on any atom is -0.332 e. The summed E-state index contributed by atoms with van der Waals surface area (Å²) in [7, 11) is -3.04. The first-order valence-corrected chi connectivity index (χ1v) is 9.63. The van der Waals surface area contributed by atoms with Gasteiger partial charge in [0.15, 0.2) is 9.84 Å². The van der Waals surface area contributed by atoms with Crippen molar-refractivity contribution in [1.82, 2.24) is 4.90 Å². The second kappa shape index (κ2) is 6.35. The van der Waals surface area contributed by atoms with Crippen LogP contribution in [-0.2, 0) is 14.6 Å². The molecule has 0 aromatic heterocycles. The minimum absolute atomic E-state index is 0.00533. The second-order valence-corrected chi connectivity index (χ2v) is 8.44. The number of nitro groups is 1. The highest BCUT2D eigenvalue weighted by molar-refractivity contribution is 7.91. The van der Waals surface area contributed by atoms with E-state index in [9.17, 15) is 23.3 Å². The Morgan fingerprint density at radius 1 is 1.17 bits per heavy atom. The summed E-state index contributed by atoms with van der Waals surface area (Å²) in [6.45, 7) is 0. The van der Waals surface area contributed by atoms with Crippen molar-refractivity contribution in [2.24, 2.45) is 0 Å². The maximum atomic E-state index is 12.5. The molecule has 1 saturated carbocycles. The molecular formula is C16H18N2O5S. The van der Waals surface area contributed by atoms with Crippen LogP contribution in [0.4, 0.5) is 5.69 Å². The summed E-state index contributed by atoms with van der Waals surface area (Å²) in [6.07, 6.45) is 5.34. The molecule has 0 radical (unpaired) electrons. The molecular weight excluding hydrogens is 332 g/mol. The largest absolute Gasteiger partial charge is 0.332 e. The topological polar surface area (TPSA) is 97.6 Å². The number of nitro benzene ring substituents is 1. The first-order chi connectivity index (χ1) is 11.4. The van der Waals surface area contributed by atoms with Crippen LogP contribution in [0.5, 0.6) is 0 Å². The van der Waals surface area contributed by atoms with E-state index in [0.717, 1.165) is 12.8 Å². The average Bonchev–Trinajstić information content (AvgIpc) is 3.29. The Bertz CT molecular complexity index is 781. The number of sulfone groups is 1. The molecule has 7 nitrogen and oxygen atoms in total. The number of non-ortho nitro benzene ring substituents is 1. The van der Waals surface area contributed by atoms with Gasteiger partial charge in [0.25, 0.3) is 5.69 Å². The highest BCUT2D eigenvalue weighted by Crippen LogP contribution is 2.32. The van der Waals surface area contributed by atoms with Gasteiger partial charge in [-0.2, -0.15) is 0 Å². The third-order valence-corrected chi connectivity index (χ3v) is 6.07. The first kappa shape index (κ1) is 16.6. The van der Waals surface area contributed by atoms with Crippen LogP contribution in [0.3, 0.4) is 0 Å². The summed E-state index contributed by atoms with van der Waals surface area (Å²) < 4.78 is 23.3. The smallest absolute Gasteiger partial charge is 0.269 e. The molecule has 1 aromatic carbocycles. The van der Waals surface area contributed by atoms with Crippen molar-refractivity contribution in [3.05, 3.63) is 46.0 Å². The molecule has 2 fully saturated rings. The van der Waals surface area contributed by atoms with Crippen molar-refractivity contribution in [1.29, 1.82) is 0 Å². The molecule has 3 rings (SSSR count). The van der Waals surface area contributed by atoms with Crippen molar-refractivity contribution in [3.63, 3.8) is 0 Å². The Morgan fingerprint density at radius 2 is 1.83 bits per heavy atom. The maximum Gasteiger partial charge on any atom is 0.269 e. The number of hydrogen-bond acceptors (Lipinski definition) is 5. The minimum atomic E-state index is -3.04. The molecule has 1 unspecified atom stereocenters. The average molecular weight is 350 g/mol. The van der Waals surface area contributed by atoms with Crippen LogP contribution in [0.2, 0.25) is 0 Å². The van der Waals surface area contributed by atoms with Gasteiger partial charge in [-0.1, -0.05) is 0 Å². The molecule has 8 heteroatoms. The summed E-state index contributed by atoms with van der Waals surface area (Å²) in [4.78, 5) is 24.4. The molecule has 1 amide bonds. The van der Waals surface area contributed by atoms with Gasteiger partial charge in [-0.05, 0) is 43.0 Å². The fourth-order valence-electron chi connectivity index (χ4n) is 2.97. The normalized spacial score (nSPS) is 22.6. The van der Waals surface area contributed by atoms with Gasteiger partial charge in [0.05, 0.1) is 16.4 Å². The number of nitrogens with zero attached hydrogens (tertiary/aromatic N) is 2. The first-order valence-electron chi connectivity index (χ1n) is 7.81. The molecule has 1 atom stereocenters. The van der Waals surface area contributed by atoms with Crippen LogP contribution < -0.4 is 0 Å². The molecule has 1 heterocycles. The number of benzene rings is 1. The summed E-state index contributed by atoms with van der Waals surface area (Å²) in [5, 5.41) is 10.6. The van der Waals surface area contributed by atoms with E-state index in [4.69, 9.17) is 0 Å².